The summed E-state index contributed by atoms with van der Waals surface area (Å²) in [5.41, 5.74) is -0.483. The fourth-order valence-electron chi connectivity index (χ4n) is 4.58. The molecule has 1 amide bonds. The molecule has 3 aromatic carbocycles. The van der Waals surface area contributed by atoms with Gasteiger partial charge in [-0.25, -0.2) is 8.42 Å². The third-order valence-corrected chi connectivity index (χ3v) is 8.81. The first-order chi connectivity index (χ1) is 19.0. The molecule has 40 heavy (non-hydrogen) atoms. The van der Waals surface area contributed by atoms with Gasteiger partial charge in [0.2, 0.25) is 12.7 Å². The van der Waals surface area contributed by atoms with Crippen molar-refractivity contribution in [3.8, 4) is 11.5 Å². The highest BCUT2D eigenvalue weighted by Crippen LogP contribution is 2.37. The molecule has 2 heterocycles. The minimum absolute atomic E-state index is 0.176. The number of amides is 1. The van der Waals surface area contributed by atoms with E-state index in [-0.39, 0.29) is 16.7 Å². The monoisotopic (exact) mass is 595 g/mol. The molecule has 3 aromatic rings. The van der Waals surface area contributed by atoms with Crippen LogP contribution in [0.2, 0.25) is 5.02 Å². The molecule has 1 saturated heterocycles. The molecule has 2 aliphatic heterocycles. The van der Waals surface area contributed by atoms with Crippen LogP contribution in [-0.2, 0) is 27.5 Å². The Morgan fingerprint density at radius 3 is 2.33 bits per heavy atom. The Bertz CT molecular complexity index is 1500. The molecule has 0 aliphatic carbocycles. The van der Waals surface area contributed by atoms with Gasteiger partial charge >= 0.3 is 6.18 Å². The summed E-state index contributed by atoms with van der Waals surface area (Å²) in [7, 11) is -4.43. The Hall–Kier alpha value is -3.48. The van der Waals surface area contributed by atoms with Crippen LogP contribution in [0.25, 0.3) is 0 Å². The predicted molar refractivity (Wildman–Crippen MR) is 142 cm³/mol. The minimum atomic E-state index is -4.74. The molecule has 0 radical (unpaired) electrons. The van der Waals surface area contributed by atoms with Gasteiger partial charge in [-0.15, -0.1) is 0 Å². The van der Waals surface area contributed by atoms with Crippen LogP contribution in [0.3, 0.4) is 0 Å². The Morgan fingerprint density at radius 1 is 0.925 bits per heavy atom. The lowest BCUT2D eigenvalue weighted by Crippen LogP contribution is -2.51. The van der Waals surface area contributed by atoms with Crippen LogP contribution in [0.1, 0.15) is 11.1 Å². The van der Waals surface area contributed by atoms with Crippen molar-refractivity contribution in [1.82, 2.24) is 9.80 Å². The van der Waals surface area contributed by atoms with Crippen LogP contribution in [-0.4, -0.2) is 63.6 Å². The van der Waals surface area contributed by atoms with E-state index in [1.165, 1.54) is 29.2 Å². The molecule has 0 saturated carbocycles. The first-order valence-corrected chi connectivity index (χ1v) is 14.2. The van der Waals surface area contributed by atoms with Gasteiger partial charge in [0.25, 0.3) is 10.0 Å². The number of hydrogen-bond donors (Lipinski definition) is 0. The van der Waals surface area contributed by atoms with Gasteiger partial charge in [0, 0.05) is 32.7 Å². The summed E-state index contributed by atoms with van der Waals surface area (Å²) in [5, 5.41) is -0.228. The maximum Gasteiger partial charge on any atom is 0.416 e. The van der Waals surface area contributed by atoms with Crippen LogP contribution in [0.5, 0.6) is 11.5 Å². The minimum Gasteiger partial charge on any atom is -0.454 e. The number of nitrogens with zero attached hydrogens (tertiary/aromatic N) is 3. The lowest BCUT2D eigenvalue weighted by Gasteiger charge is -2.36. The summed E-state index contributed by atoms with van der Waals surface area (Å²) >= 11 is 6.21. The van der Waals surface area contributed by atoms with E-state index < -0.39 is 39.9 Å². The highest BCUT2D eigenvalue weighted by Gasteiger charge is 2.35. The fraction of sp³-hybridized carbons (Fsp3) is 0.296. The zero-order valence-electron chi connectivity index (χ0n) is 21.1. The molecule has 0 spiro atoms. The molecule has 212 valence electrons. The third kappa shape index (κ3) is 5.98. The Morgan fingerprint density at radius 2 is 1.62 bits per heavy atom. The Labute approximate surface area is 234 Å². The standard InChI is InChI=1S/C27H25ClF3N3O5S/c28-22-8-7-20(27(29,30)31)15-23(22)34(40(36,37)21-4-2-1-3-5-21)17-26(35)33-12-10-32(11-13-33)16-19-6-9-24-25(14-19)39-18-38-24/h1-9,14-15H,10-13,16-18H2. The van der Waals surface area contributed by atoms with Gasteiger partial charge in [0.15, 0.2) is 11.5 Å². The lowest BCUT2D eigenvalue weighted by molar-refractivity contribution is -0.137. The second-order valence-corrected chi connectivity index (χ2v) is 11.6. The zero-order chi connectivity index (χ0) is 28.5. The predicted octanol–water partition coefficient (Wildman–Crippen LogP) is 4.63. The summed E-state index contributed by atoms with van der Waals surface area (Å²) in [4.78, 5) is 16.8. The second-order valence-electron chi connectivity index (χ2n) is 9.33. The molecular formula is C27H25ClF3N3O5S. The maximum atomic E-state index is 13.6. The molecule has 0 atom stereocenters. The van der Waals surface area contributed by atoms with Crippen molar-refractivity contribution < 1.29 is 35.9 Å². The van der Waals surface area contributed by atoms with Gasteiger partial charge in [0.05, 0.1) is 21.2 Å². The van der Waals surface area contributed by atoms with Gasteiger partial charge < -0.3 is 14.4 Å². The van der Waals surface area contributed by atoms with Crippen LogP contribution >= 0.6 is 11.6 Å². The van der Waals surface area contributed by atoms with Gasteiger partial charge in [-0.3, -0.25) is 14.0 Å². The van der Waals surface area contributed by atoms with E-state index in [1.54, 1.807) is 6.07 Å². The molecule has 0 N–H and O–H groups in total. The number of sulfonamides is 1. The quantitative estimate of drug-likeness (QED) is 0.396. The van der Waals surface area contributed by atoms with Crippen molar-refractivity contribution in [2.45, 2.75) is 17.6 Å². The molecule has 0 aromatic heterocycles. The summed E-state index contributed by atoms with van der Waals surface area (Å²) in [6.07, 6.45) is -4.74. The van der Waals surface area contributed by atoms with E-state index in [9.17, 15) is 26.4 Å². The number of alkyl halides is 3. The molecule has 0 bridgehead atoms. The number of fused-ring (bicyclic) bond motifs is 1. The van der Waals surface area contributed by atoms with E-state index in [2.05, 4.69) is 4.90 Å². The van der Waals surface area contributed by atoms with Crippen LogP contribution in [0.15, 0.2) is 71.6 Å². The third-order valence-electron chi connectivity index (χ3n) is 6.72. The summed E-state index contributed by atoms with van der Waals surface area (Å²) in [6, 6.07) is 15.3. The van der Waals surface area contributed by atoms with Crippen LogP contribution in [0, 0.1) is 0 Å². The first kappa shape index (κ1) is 28.1. The van der Waals surface area contributed by atoms with Crippen molar-refractivity contribution in [2.24, 2.45) is 0 Å². The topological polar surface area (TPSA) is 79.4 Å². The summed E-state index contributed by atoms with van der Waals surface area (Å²) < 4.78 is 79.1. The molecule has 13 heteroatoms. The largest absolute Gasteiger partial charge is 0.454 e. The number of hydrogen-bond acceptors (Lipinski definition) is 6. The number of ether oxygens (including phenoxy) is 2. The van der Waals surface area contributed by atoms with Gasteiger partial charge in [-0.1, -0.05) is 35.9 Å². The average Bonchev–Trinajstić information content (AvgIpc) is 3.40. The normalized spacial score (nSPS) is 15.8. The number of carbonyl (C=O) groups is 1. The molecule has 2 aliphatic rings. The zero-order valence-corrected chi connectivity index (χ0v) is 22.7. The lowest BCUT2D eigenvalue weighted by atomic mass is 10.1. The van der Waals surface area contributed by atoms with E-state index in [4.69, 9.17) is 21.1 Å². The highest BCUT2D eigenvalue weighted by molar-refractivity contribution is 7.92. The fourth-order valence-corrected chi connectivity index (χ4v) is 6.29. The van der Waals surface area contributed by atoms with E-state index in [1.807, 2.05) is 18.2 Å². The average molecular weight is 596 g/mol. The number of benzene rings is 3. The smallest absolute Gasteiger partial charge is 0.416 e. The van der Waals surface area contributed by atoms with Crippen LogP contribution < -0.4 is 13.8 Å². The molecular weight excluding hydrogens is 571 g/mol. The van der Waals surface area contributed by atoms with E-state index in [0.717, 1.165) is 17.7 Å². The van der Waals surface area contributed by atoms with Crippen molar-refractivity contribution in [1.29, 1.82) is 0 Å². The summed E-state index contributed by atoms with van der Waals surface area (Å²) in [5.74, 6) is 0.824. The van der Waals surface area contributed by atoms with Crippen molar-refractivity contribution in [2.75, 3.05) is 43.8 Å². The Balaban J connectivity index is 1.33. The number of carbonyl (C=O) groups excluding carboxylic acids is 1. The van der Waals surface area contributed by atoms with Gasteiger partial charge in [-0.05, 0) is 48.0 Å². The van der Waals surface area contributed by atoms with Gasteiger partial charge in [-0.2, -0.15) is 13.2 Å². The van der Waals surface area contributed by atoms with Crippen molar-refractivity contribution >= 4 is 33.2 Å². The molecule has 5 rings (SSSR count). The van der Waals surface area contributed by atoms with Crippen molar-refractivity contribution in [3.63, 3.8) is 0 Å². The number of rotatable bonds is 7. The second kappa shape index (κ2) is 11.2. The van der Waals surface area contributed by atoms with E-state index in [0.29, 0.717) is 54.6 Å². The van der Waals surface area contributed by atoms with Crippen molar-refractivity contribution in [3.05, 3.63) is 82.9 Å². The number of anilines is 1. The van der Waals surface area contributed by atoms with E-state index >= 15 is 0 Å². The SMILES string of the molecule is O=C(CN(c1cc(C(F)(F)F)ccc1Cl)S(=O)(=O)c1ccccc1)N1CCN(Cc2ccc3c(c2)OCO3)CC1. The summed E-state index contributed by atoms with van der Waals surface area (Å²) in [6.45, 7) is 1.78. The molecule has 1 fully saturated rings. The number of piperazine rings is 1. The number of halogens is 4. The molecule has 0 unspecified atom stereocenters. The Kier molecular flexibility index (Phi) is 7.85. The highest BCUT2D eigenvalue weighted by atomic mass is 35.5. The molecule has 8 nitrogen and oxygen atoms in total. The van der Waals surface area contributed by atoms with Gasteiger partial charge in [0.1, 0.15) is 6.54 Å². The van der Waals surface area contributed by atoms with Crippen LogP contribution in [0.4, 0.5) is 18.9 Å². The maximum absolute atomic E-state index is 13.6. The first-order valence-electron chi connectivity index (χ1n) is 12.4.